The van der Waals surface area contributed by atoms with Crippen molar-refractivity contribution in [2.24, 2.45) is 0 Å². The Hall–Kier alpha value is -3.27. The molecular weight excluding hydrogens is 334 g/mol. The van der Waals surface area contributed by atoms with Gasteiger partial charge >= 0.3 is 6.03 Å². The number of nitrogens with one attached hydrogen (secondary N) is 2. The second-order valence-corrected chi connectivity index (χ2v) is 7.07. The molecule has 0 saturated carbocycles. The predicted octanol–water partition coefficient (Wildman–Crippen LogP) is 4.65. The van der Waals surface area contributed by atoms with Gasteiger partial charge in [0, 0.05) is 32.0 Å². The second-order valence-electron chi connectivity index (χ2n) is 7.07. The van der Waals surface area contributed by atoms with Gasteiger partial charge < -0.3 is 15.5 Å². The van der Waals surface area contributed by atoms with Gasteiger partial charge in [0.05, 0.1) is 0 Å². The summed E-state index contributed by atoms with van der Waals surface area (Å²) >= 11 is 0. The number of carbonyl (C=O) groups excluding carboxylic acids is 1. The molecular formula is C23H23N3O. The first-order valence-electron chi connectivity index (χ1n) is 9.12. The Balaban J connectivity index is 1.37. The van der Waals surface area contributed by atoms with Crippen molar-refractivity contribution in [3.8, 4) is 11.1 Å². The van der Waals surface area contributed by atoms with Crippen molar-refractivity contribution < 1.29 is 4.79 Å². The van der Waals surface area contributed by atoms with Gasteiger partial charge in [0.2, 0.25) is 0 Å². The Morgan fingerprint density at radius 1 is 0.926 bits per heavy atom. The van der Waals surface area contributed by atoms with E-state index in [-0.39, 0.29) is 6.03 Å². The fourth-order valence-corrected chi connectivity index (χ4v) is 3.49. The van der Waals surface area contributed by atoms with E-state index in [1.807, 2.05) is 44.4 Å². The number of hydrogen-bond acceptors (Lipinski definition) is 2. The zero-order chi connectivity index (χ0) is 18.8. The van der Waals surface area contributed by atoms with Crippen LogP contribution in [0.4, 0.5) is 16.2 Å². The van der Waals surface area contributed by atoms with Gasteiger partial charge in [-0.1, -0.05) is 42.5 Å². The zero-order valence-electron chi connectivity index (χ0n) is 15.6. The van der Waals surface area contributed by atoms with E-state index < -0.39 is 0 Å². The number of carbonyl (C=O) groups is 1. The van der Waals surface area contributed by atoms with Gasteiger partial charge in [-0.25, -0.2) is 4.79 Å². The molecule has 27 heavy (non-hydrogen) atoms. The average molecular weight is 357 g/mol. The van der Waals surface area contributed by atoms with Crippen molar-refractivity contribution in [3.63, 3.8) is 0 Å². The number of urea groups is 1. The van der Waals surface area contributed by atoms with Crippen molar-refractivity contribution in [1.82, 2.24) is 5.32 Å². The maximum Gasteiger partial charge on any atom is 0.319 e. The average Bonchev–Trinajstić information content (AvgIpc) is 3.04. The number of hydrogen-bond donors (Lipinski definition) is 2. The number of nitrogens with zero attached hydrogens (tertiary/aromatic N) is 1. The summed E-state index contributed by atoms with van der Waals surface area (Å²) in [5.41, 5.74) is 8.19. The maximum absolute atomic E-state index is 12.2. The smallest absolute Gasteiger partial charge is 0.319 e. The van der Waals surface area contributed by atoms with Crippen molar-refractivity contribution in [3.05, 3.63) is 83.4 Å². The van der Waals surface area contributed by atoms with Crippen molar-refractivity contribution >= 4 is 17.4 Å². The Morgan fingerprint density at radius 3 is 2.44 bits per heavy atom. The van der Waals surface area contributed by atoms with E-state index in [0.717, 1.165) is 23.4 Å². The Morgan fingerprint density at radius 2 is 1.67 bits per heavy atom. The van der Waals surface area contributed by atoms with Crippen molar-refractivity contribution in [2.75, 3.05) is 24.3 Å². The highest BCUT2D eigenvalue weighted by Crippen LogP contribution is 2.37. The van der Waals surface area contributed by atoms with Gasteiger partial charge in [-0.15, -0.1) is 0 Å². The third kappa shape index (κ3) is 3.65. The molecule has 136 valence electrons. The molecule has 0 bridgehead atoms. The molecule has 0 unspecified atom stereocenters. The first-order chi connectivity index (χ1) is 13.1. The quantitative estimate of drug-likeness (QED) is 0.559. The van der Waals surface area contributed by atoms with Gasteiger partial charge in [0.15, 0.2) is 0 Å². The number of anilines is 2. The summed E-state index contributed by atoms with van der Waals surface area (Å²) in [4.78, 5) is 14.3. The predicted molar refractivity (Wildman–Crippen MR) is 111 cm³/mol. The summed E-state index contributed by atoms with van der Waals surface area (Å²) in [5, 5.41) is 5.86. The molecule has 0 atom stereocenters. The SMILES string of the molecule is CN(C)c1ccc(CNC(=O)Nc2ccc3c(c2)Cc2ccccc2-3)cc1. The second kappa shape index (κ2) is 7.16. The lowest BCUT2D eigenvalue weighted by Gasteiger charge is -2.13. The Bertz CT molecular complexity index is 977. The number of fused-ring (bicyclic) bond motifs is 3. The van der Waals surface area contributed by atoms with Crippen LogP contribution in [-0.2, 0) is 13.0 Å². The van der Waals surface area contributed by atoms with Crippen molar-refractivity contribution in [1.29, 1.82) is 0 Å². The van der Waals surface area contributed by atoms with E-state index >= 15 is 0 Å². The van der Waals surface area contributed by atoms with E-state index in [1.165, 1.54) is 22.3 Å². The fourth-order valence-electron chi connectivity index (χ4n) is 3.49. The third-order valence-electron chi connectivity index (χ3n) is 4.96. The summed E-state index contributed by atoms with van der Waals surface area (Å²) < 4.78 is 0. The minimum absolute atomic E-state index is 0.192. The van der Waals surface area contributed by atoms with Crippen molar-refractivity contribution in [2.45, 2.75) is 13.0 Å². The highest BCUT2D eigenvalue weighted by atomic mass is 16.2. The van der Waals surface area contributed by atoms with E-state index in [2.05, 4.69) is 51.9 Å². The Labute approximate surface area is 159 Å². The standard InChI is InChI=1S/C23H23N3O/c1-26(2)20-10-7-16(8-11-20)15-24-23(27)25-19-9-12-22-18(14-19)13-17-5-3-4-6-21(17)22/h3-12,14H,13,15H2,1-2H3,(H2,24,25,27). The molecule has 4 nitrogen and oxygen atoms in total. The van der Waals surface area contributed by atoms with E-state index in [9.17, 15) is 4.79 Å². The molecule has 0 radical (unpaired) electrons. The fraction of sp³-hybridized carbons (Fsp3) is 0.174. The molecule has 0 saturated heterocycles. The summed E-state index contributed by atoms with van der Waals surface area (Å²) in [5.74, 6) is 0. The van der Waals surface area contributed by atoms with Crippen LogP contribution in [0.25, 0.3) is 11.1 Å². The molecule has 4 rings (SSSR count). The van der Waals surface area contributed by atoms with E-state index in [4.69, 9.17) is 0 Å². The van der Waals surface area contributed by atoms with Crippen LogP contribution in [0.5, 0.6) is 0 Å². The molecule has 3 aromatic rings. The molecule has 4 heteroatoms. The van der Waals surface area contributed by atoms with Gasteiger partial charge in [-0.05, 0) is 58.5 Å². The van der Waals surface area contributed by atoms with Crippen LogP contribution in [0.15, 0.2) is 66.7 Å². The molecule has 0 fully saturated rings. The molecule has 1 aliphatic rings. The minimum atomic E-state index is -0.192. The maximum atomic E-state index is 12.2. The van der Waals surface area contributed by atoms with E-state index in [0.29, 0.717) is 6.54 Å². The minimum Gasteiger partial charge on any atom is -0.378 e. The topological polar surface area (TPSA) is 44.4 Å². The first kappa shape index (κ1) is 17.2. The molecule has 0 aromatic heterocycles. The van der Waals surface area contributed by atoms with Crippen LogP contribution >= 0.6 is 0 Å². The lowest BCUT2D eigenvalue weighted by atomic mass is 10.1. The normalized spacial score (nSPS) is 11.5. The van der Waals surface area contributed by atoms with Gasteiger partial charge in [-0.2, -0.15) is 0 Å². The summed E-state index contributed by atoms with van der Waals surface area (Å²) in [7, 11) is 4.02. The lowest BCUT2D eigenvalue weighted by Crippen LogP contribution is -2.28. The van der Waals surface area contributed by atoms with Crippen LogP contribution in [-0.4, -0.2) is 20.1 Å². The molecule has 0 heterocycles. The monoisotopic (exact) mass is 357 g/mol. The molecule has 2 N–H and O–H groups in total. The molecule has 1 aliphatic carbocycles. The molecule has 0 aliphatic heterocycles. The highest BCUT2D eigenvalue weighted by Gasteiger charge is 2.18. The van der Waals surface area contributed by atoms with E-state index in [1.54, 1.807) is 0 Å². The molecule has 0 spiro atoms. The largest absolute Gasteiger partial charge is 0.378 e. The van der Waals surface area contributed by atoms with Crippen LogP contribution < -0.4 is 15.5 Å². The highest BCUT2D eigenvalue weighted by molar-refractivity contribution is 5.90. The number of benzene rings is 3. The lowest BCUT2D eigenvalue weighted by molar-refractivity contribution is 0.251. The van der Waals surface area contributed by atoms with Crippen LogP contribution in [0.1, 0.15) is 16.7 Å². The summed E-state index contributed by atoms with van der Waals surface area (Å²) in [6.45, 7) is 0.496. The van der Waals surface area contributed by atoms with Gasteiger partial charge in [0.1, 0.15) is 0 Å². The van der Waals surface area contributed by atoms with Gasteiger partial charge in [-0.3, -0.25) is 0 Å². The molecule has 3 aromatic carbocycles. The number of amides is 2. The van der Waals surface area contributed by atoms with Gasteiger partial charge in [0.25, 0.3) is 0 Å². The first-order valence-corrected chi connectivity index (χ1v) is 9.12. The zero-order valence-corrected chi connectivity index (χ0v) is 15.6. The summed E-state index contributed by atoms with van der Waals surface area (Å²) in [6.07, 6.45) is 0.918. The molecule has 2 amide bonds. The van der Waals surface area contributed by atoms with Crippen LogP contribution in [0.3, 0.4) is 0 Å². The third-order valence-corrected chi connectivity index (χ3v) is 4.96. The van der Waals surface area contributed by atoms with Crippen LogP contribution in [0.2, 0.25) is 0 Å². The summed E-state index contributed by atoms with van der Waals surface area (Å²) in [6, 6.07) is 22.6. The number of rotatable bonds is 4. The Kier molecular flexibility index (Phi) is 4.55. The van der Waals surface area contributed by atoms with Crippen LogP contribution in [0, 0.1) is 0 Å².